The normalized spacial score (nSPS) is 15.2. The lowest BCUT2D eigenvalue weighted by Crippen LogP contribution is -2.54. The van der Waals surface area contributed by atoms with E-state index < -0.39 is 5.82 Å². The number of carbonyl (C=O) groups is 2. The van der Waals surface area contributed by atoms with E-state index in [4.69, 9.17) is 0 Å². The molecule has 0 radical (unpaired) electrons. The van der Waals surface area contributed by atoms with Crippen LogP contribution in [-0.2, 0) is 4.79 Å². The molecule has 1 aromatic carbocycles. The van der Waals surface area contributed by atoms with Gasteiger partial charge in [-0.1, -0.05) is 6.07 Å². The Kier molecular flexibility index (Phi) is 7.99. The molecule has 0 aliphatic carbocycles. The maximum Gasteiger partial charge on any atom is 0.321 e. The van der Waals surface area contributed by atoms with Gasteiger partial charge in [0, 0.05) is 45.0 Å². The van der Waals surface area contributed by atoms with Crippen LogP contribution >= 0.6 is 0 Å². The van der Waals surface area contributed by atoms with Gasteiger partial charge >= 0.3 is 6.03 Å². The van der Waals surface area contributed by atoms with Crippen LogP contribution in [0.1, 0.15) is 20.8 Å². The number of hydrogen-bond acceptors (Lipinski definition) is 5. The number of benzene rings is 1. The molecular weight excluding hydrogens is 411 g/mol. The van der Waals surface area contributed by atoms with Crippen molar-refractivity contribution in [1.82, 2.24) is 14.8 Å². The van der Waals surface area contributed by atoms with E-state index in [0.29, 0.717) is 37.6 Å². The first-order chi connectivity index (χ1) is 15.4. The maximum atomic E-state index is 13.3. The molecule has 3 rings (SSSR count). The highest BCUT2D eigenvalue weighted by Gasteiger charge is 2.27. The molecule has 2 N–H and O–H groups in total. The zero-order chi connectivity index (χ0) is 23.1. The summed E-state index contributed by atoms with van der Waals surface area (Å²) in [6, 6.07) is 9.01. The van der Waals surface area contributed by atoms with Gasteiger partial charge in [-0.05, 0) is 51.1 Å². The summed E-state index contributed by atoms with van der Waals surface area (Å²) in [5.74, 6) is 0.285. The molecule has 0 bridgehead atoms. The minimum absolute atomic E-state index is 0.182. The van der Waals surface area contributed by atoms with Crippen LogP contribution in [0.25, 0.3) is 0 Å². The monoisotopic (exact) mass is 442 g/mol. The smallest absolute Gasteiger partial charge is 0.321 e. The summed E-state index contributed by atoms with van der Waals surface area (Å²) < 4.78 is 13.3. The number of amides is 3. The predicted octanol–water partition coefficient (Wildman–Crippen LogP) is 3.24. The Morgan fingerprint density at radius 2 is 1.78 bits per heavy atom. The second-order valence-corrected chi connectivity index (χ2v) is 7.71. The summed E-state index contributed by atoms with van der Waals surface area (Å²) in [6.45, 7) is 9.88. The summed E-state index contributed by atoms with van der Waals surface area (Å²) in [5.41, 5.74) is 1.08. The molecule has 172 valence electrons. The SMILES string of the molecule is CCN(CC)c1ccc(NC(=O)N2CCN([C@H](C)C(=O)Nc3cccc(F)c3)CC2)cn1. The number of nitrogens with zero attached hydrogens (tertiary/aromatic N) is 4. The molecule has 1 atom stereocenters. The van der Waals surface area contributed by atoms with Gasteiger partial charge in [-0.2, -0.15) is 0 Å². The number of anilines is 3. The minimum Gasteiger partial charge on any atom is -0.357 e. The molecule has 0 saturated carbocycles. The molecule has 2 heterocycles. The molecule has 0 unspecified atom stereocenters. The van der Waals surface area contributed by atoms with Gasteiger partial charge in [-0.25, -0.2) is 14.2 Å². The molecule has 1 aliphatic rings. The van der Waals surface area contributed by atoms with Crippen molar-refractivity contribution in [2.24, 2.45) is 0 Å². The van der Waals surface area contributed by atoms with Crippen molar-refractivity contribution in [3.63, 3.8) is 0 Å². The Bertz CT molecular complexity index is 911. The van der Waals surface area contributed by atoms with Crippen LogP contribution in [0, 0.1) is 5.82 Å². The van der Waals surface area contributed by atoms with Crippen LogP contribution in [0.3, 0.4) is 0 Å². The van der Waals surface area contributed by atoms with Crippen LogP contribution in [0.5, 0.6) is 0 Å². The van der Waals surface area contributed by atoms with Crippen molar-refractivity contribution < 1.29 is 14.0 Å². The van der Waals surface area contributed by atoms with Gasteiger partial charge in [0.1, 0.15) is 11.6 Å². The molecule has 1 aromatic heterocycles. The molecule has 1 fully saturated rings. The van der Waals surface area contributed by atoms with Gasteiger partial charge in [-0.3, -0.25) is 9.69 Å². The van der Waals surface area contributed by atoms with E-state index in [1.807, 2.05) is 24.0 Å². The molecule has 1 saturated heterocycles. The van der Waals surface area contributed by atoms with E-state index >= 15 is 0 Å². The average Bonchev–Trinajstić information content (AvgIpc) is 2.80. The van der Waals surface area contributed by atoms with E-state index in [2.05, 4.69) is 34.4 Å². The quantitative estimate of drug-likeness (QED) is 0.688. The lowest BCUT2D eigenvalue weighted by atomic mass is 10.2. The fourth-order valence-corrected chi connectivity index (χ4v) is 3.69. The zero-order valence-corrected chi connectivity index (χ0v) is 18.8. The number of halogens is 1. The van der Waals surface area contributed by atoms with Gasteiger partial charge in [0.25, 0.3) is 0 Å². The third kappa shape index (κ3) is 5.94. The van der Waals surface area contributed by atoms with Gasteiger partial charge in [0.15, 0.2) is 0 Å². The van der Waals surface area contributed by atoms with Crippen molar-refractivity contribution in [1.29, 1.82) is 0 Å². The number of rotatable bonds is 7. The third-order valence-electron chi connectivity index (χ3n) is 5.71. The van der Waals surface area contributed by atoms with Crippen molar-refractivity contribution >= 4 is 29.1 Å². The van der Waals surface area contributed by atoms with Crippen LogP contribution in [0.15, 0.2) is 42.6 Å². The van der Waals surface area contributed by atoms with Gasteiger partial charge in [-0.15, -0.1) is 0 Å². The Balaban J connectivity index is 1.48. The highest BCUT2D eigenvalue weighted by molar-refractivity contribution is 5.94. The molecule has 3 amide bonds. The Morgan fingerprint density at radius 3 is 2.38 bits per heavy atom. The van der Waals surface area contributed by atoms with Crippen LogP contribution in [-0.4, -0.2) is 72.0 Å². The van der Waals surface area contributed by atoms with Gasteiger partial charge in [0.2, 0.25) is 5.91 Å². The number of piperazine rings is 1. The second-order valence-electron chi connectivity index (χ2n) is 7.71. The first-order valence-electron chi connectivity index (χ1n) is 11.0. The van der Waals surface area contributed by atoms with Crippen LogP contribution in [0.4, 0.5) is 26.4 Å². The predicted molar refractivity (Wildman–Crippen MR) is 124 cm³/mol. The molecule has 1 aliphatic heterocycles. The summed E-state index contributed by atoms with van der Waals surface area (Å²) in [5, 5.41) is 5.63. The van der Waals surface area contributed by atoms with E-state index in [1.54, 1.807) is 23.2 Å². The van der Waals surface area contributed by atoms with E-state index in [0.717, 1.165) is 18.9 Å². The number of hydrogen-bond donors (Lipinski definition) is 2. The summed E-state index contributed by atoms with van der Waals surface area (Å²) in [4.78, 5) is 35.5. The van der Waals surface area contributed by atoms with Gasteiger partial charge in [0.05, 0.1) is 17.9 Å². The first kappa shape index (κ1) is 23.5. The second kappa shape index (κ2) is 10.9. The highest BCUT2D eigenvalue weighted by atomic mass is 19.1. The Labute approximate surface area is 188 Å². The Hall–Kier alpha value is -3.20. The summed E-state index contributed by atoms with van der Waals surface area (Å²) in [6.07, 6.45) is 1.67. The minimum atomic E-state index is -0.395. The molecule has 2 aromatic rings. The van der Waals surface area contributed by atoms with E-state index in [9.17, 15) is 14.0 Å². The Morgan fingerprint density at radius 1 is 1.06 bits per heavy atom. The van der Waals surface area contributed by atoms with Crippen molar-refractivity contribution in [3.05, 3.63) is 48.4 Å². The van der Waals surface area contributed by atoms with Crippen LogP contribution < -0.4 is 15.5 Å². The fraction of sp³-hybridized carbons (Fsp3) is 0.435. The first-order valence-corrected chi connectivity index (χ1v) is 11.0. The standard InChI is InChI=1S/C23H31FN6O2/c1-4-28(5-2)21-10-9-20(16-25-21)27-23(32)30-13-11-29(12-14-30)17(3)22(31)26-19-8-6-7-18(24)15-19/h6-10,15-17H,4-5,11-14H2,1-3H3,(H,26,31)(H,27,32)/t17-/m1/s1. The molecule has 32 heavy (non-hydrogen) atoms. The lowest BCUT2D eigenvalue weighted by molar-refractivity contribution is -0.121. The molecule has 8 nitrogen and oxygen atoms in total. The zero-order valence-electron chi connectivity index (χ0n) is 18.8. The van der Waals surface area contributed by atoms with Crippen molar-refractivity contribution in [3.8, 4) is 0 Å². The van der Waals surface area contributed by atoms with Crippen LogP contribution in [0.2, 0.25) is 0 Å². The fourth-order valence-electron chi connectivity index (χ4n) is 3.69. The molecule has 9 heteroatoms. The number of carbonyl (C=O) groups excluding carboxylic acids is 2. The third-order valence-corrected chi connectivity index (χ3v) is 5.71. The number of urea groups is 1. The number of aromatic nitrogens is 1. The van der Waals surface area contributed by atoms with E-state index in [1.165, 1.54) is 12.1 Å². The van der Waals surface area contributed by atoms with Crippen molar-refractivity contribution in [2.45, 2.75) is 26.8 Å². The number of pyridine rings is 1. The molecule has 0 spiro atoms. The summed E-state index contributed by atoms with van der Waals surface area (Å²) in [7, 11) is 0. The lowest BCUT2D eigenvalue weighted by Gasteiger charge is -2.37. The van der Waals surface area contributed by atoms with Gasteiger partial charge < -0.3 is 20.4 Å². The largest absolute Gasteiger partial charge is 0.357 e. The molecular formula is C23H31FN6O2. The maximum absolute atomic E-state index is 13.3. The summed E-state index contributed by atoms with van der Waals surface area (Å²) >= 11 is 0. The number of nitrogens with one attached hydrogen (secondary N) is 2. The van der Waals surface area contributed by atoms with E-state index in [-0.39, 0.29) is 18.0 Å². The highest BCUT2D eigenvalue weighted by Crippen LogP contribution is 2.16. The average molecular weight is 443 g/mol. The topological polar surface area (TPSA) is 80.8 Å². The van der Waals surface area contributed by atoms with Crippen molar-refractivity contribution in [2.75, 3.05) is 54.8 Å².